The number of hydrogen-bond donors (Lipinski definition) is 2. The minimum atomic E-state index is -0.292. The van der Waals surface area contributed by atoms with Gasteiger partial charge in [0.05, 0.1) is 19.0 Å². The second-order valence-electron chi connectivity index (χ2n) is 6.98. The van der Waals surface area contributed by atoms with Gasteiger partial charge >= 0.3 is 0 Å². The molecule has 1 aromatic carbocycles. The van der Waals surface area contributed by atoms with E-state index in [9.17, 15) is 9.59 Å². The summed E-state index contributed by atoms with van der Waals surface area (Å²) in [6, 6.07) is 7.04. The van der Waals surface area contributed by atoms with Crippen molar-refractivity contribution in [3.8, 4) is 0 Å². The van der Waals surface area contributed by atoms with Crippen molar-refractivity contribution in [1.29, 1.82) is 0 Å². The predicted octanol–water partition coefficient (Wildman–Crippen LogP) is 2.61. The Bertz CT molecular complexity index is 811. The maximum atomic E-state index is 12.2. The van der Waals surface area contributed by atoms with Crippen molar-refractivity contribution < 1.29 is 14.1 Å². The number of rotatable bonds is 5. The first-order valence-electron chi connectivity index (χ1n) is 9.19. The average molecular weight is 354 g/mol. The van der Waals surface area contributed by atoms with Crippen molar-refractivity contribution in [2.75, 3.05) is 0 Å². The van der Waals surface area contributed by atoms with Crippen LogP contribution in [0, 0.1) is 0 Å². The van der Waals surface area contributed by atoms with Crippen LogP contribution in [0.1, 0.15) is 78.1 Å². The highest BCUT2D eigenvalue weighted by Crippen LogP contribution is 2.31. The summed E-state index contributed by atoms with van der Waals surface area (Å²) in [5.74, 6) is 1.26. The predicted molar refractivity (Wildman–Crippen MR) is 93.2 cm³/mol. The summed E-state index contributed by atoms with van der Waals surface area (Å²) in [6.07, 6.45) is 6.09. The van der Waals surface area contributed by atoms with Crippen LogP contribution in [0.2, 0.25) is 0 Å². The zero-order valence-electron chi connectivity index (χ0n) is 14.5. The molecule has 136 valence electrons. The molecule has 2 amide bonds. The minimum absolute atomic E-state index is 0.132. The first-order chi connectivity index (χ1) is 12.7. The van der Waals surface area contributed by atoms with Crippen LogP contribution in [0.25, 0.3) is 0 Å². The smallest absolute Gasteiger partial charge is 0.252 e. The molecule has 1 aromatic heterocycles. The molecule has 1 saturated carbocycles. The fraction of sp³-hybridized carbons (Fsp3) is 0.474. The Kier molecular flexibility index (Phi) is 4.69. The third-order valence-electron chi connectivity index (χ3n) is 5.17. The van der Waals surface area contributed by atoms with Gasteiger partial charge in [0.25, 0.3) is 5.91 Å². The quantitative estimate of drug-likeness (QED) is 0.860. The van der Waals surface area contributed by atoms with E-state index in [1.807, 2.05) is 18.2 Å². The topological polar surface area (TPSA) is 97.1 Å². The summed E-state index contributed by atoms with van der Waals surface area (Å²) in [5.41, 5.74) is 1.50. The van der Waals surface area contributed by atoms with Crippen LogP contribution in [0.4, 0.5) is 0 Å². The largest absolute Gasteiger partial charge is 0.347 e. The molecule has 2 aliphatic rings. The van der Waals surface area contributed by atoms with Gasteiger partial charge in [-0.25, -0.2) is 0 Å². The van der Waals surface area contributed by atoms with E-state index in [0.29, 0.717) is 17.4 Å². The first-order valence-corrected chi connectivity index (χ1v) is 9.19. The van der Waals surface area contributed by atoms with Crippen LogP contribution in [0.15, 0.2) is 28.8 Å². The fourth-order valence-corrected chi connectivity index (χ4v) is 3.78. The lowest BCUT2D eigenvalue weighted by atomic mass is 9.89. The normalized spacial score (nSPS) is 19.8. The van der Waals surface area contributed by atoms with Crippen molar-refractivity contribution >= 4 is 11.8 Å². The lowest BCUT2D eigenvalue weighted by Crippen LogP contribution is -2.28. The maximum Gasteiger partial charge on any atom is 0.252 e. The molecule has 1 aliphatic carbocycles. The molecular formula is C19H22N4O3. The highest BCUT2D eigenvalue weighted by atomic mass is 16.5. The van der Waals surface area contributed by atoms with E-state index in [-0.39, 0.29) is 30.8 Å². The van der Waals surface area contributed by atoms with Crippen molar-refractivity contribution in [3.63, 3.8) is 0 Å². The van der Waals surface area contributed by atoms with Gasteiger partial charge in [-0.05, 0) is 24.5 Å². The van der Waals surface area contributed by atoms with Crippen molar-refractivity contribution in [1.82, 2.24) is 20.8 Å². The third kappa shape index (κ3) is 3.47. The van der Waals surface area contributed by atoms with Crippen LogP contribution in [0.5, 0.6) is 0 Å². The lowest BCUT2D eigenvalue weighted by Gasteiger charge is -2.17. The molecule has 26 heavy (non-hydrogen) atoms. The average Bonchev–Trinajstić information content (AvgIpc) is 3.27. The second kappa shape index (κ2) is 7.27. The fourth-order valence-electron chi connectivity index (χ4n) is 3.78. The number of nitrogens with zero attached hydrogens (tertiary/aromatic N) is 2. The van der Waals surface area contributed by atoms with Crippen LogP contribution in [-0.2, 0) is 11.3 Å². The van der Waals surface area contributed by atoms with Gasteiger partial charge in [-0.1, -0.05) is 42.6 Å². The Hall–Kier alpha value is -2.70. The highest BCUT2D eigenvalue weighted by Gasteiger charge is 2.29. The number of benzene rings is 1. The summed E-state index contributed by atoms with van der Waals surface area (Å²) in [5, 5.41) is 9.71. The van der Waals surface area contributed by atoms with Crippen molar-refractivity contribution in [3.05, 3.63) is 47.1 Å². The van der Waals surface area contributed by atoms with Gasteiger partial charge in [0, 0.05) is 11.5 Å². The monoisotopic (exact) mass is 354 g/mol. The summed E-state index contributed by atoms with van der Waals surface area (Å²) in [4.78, 5) is 28.6. The first kappa shape index (κ1) is 16.8. The van der Waals surface area contributed by atoms with E-state index in [1.54, 1.807) is 6.07 Å². The van der Waals surface area contributed by atoms with E-state index < -0.39 is 0 Å². The molecule has 1 atom stereocenters. The summed E-state index contributed by atoms with van der Waals surface area (Å²) in [6.45, 7) is 0.209. The molecule has 0 unspecified atom stereocenters. The van der Waals surface area contributed by atoms with Gasteiger partial charge in [-0.2, -0.15) is 4.98 Å². The standard InChI is InChI=1S/C19H22N4O3/c24-16(10-15-13-8-4-5-9-14(13)19(25)21-15)20-11-17-22-18(23-26-17)12-6-2-1-3-7-12/h4-5,8-9,12,15H,1-3,6-7,10-11H2,(H,20,24)(H,21,25)/t15-/m1/s1. The van der Waals surface area contributed by atoms with Gasteiger partial charge in [0.15, 0.2) is 5.82 Å². The number of nitrogens with one attached hydrogen (secondary N) is 2. The Morgan fingerprint density at radius 1 is 1.23 bits per heavy atom. The van der Waals surface area contributed by atoms with E-state index >= 15 is 0 Å². The Morgan fingerprint density at radius 2 is 2.04 bits per heavy atom. The molecule has 2 heterocycles. The van der Waals surface area contributed by atoms with Crippen molar-refractivity contribution in [2.24, 2.45) is 0 Å². The zero-order chi connectivity index (χ0) is 17.9. The molecule has 1 fully saturated rings. The highest BCUT2D eigenvalue weighted by molar-refractivity contribution is 5.99. The van der Waals surface area contributed by atoms with E-state index in [4.69, 9.17) is 4.52 Å². The zero-order valence-corrected chi connectivity index (χ0v) is 14.5. The molecule has 2 N–H and O–H groups in total. The van der Waals surface area contributed by atoms with Gasteiger partial charge in [-0.15, -0.1) is 0 Å². The molecule has 4 rings (SSSR count). The third-order valence-corrected chi connectivity index (χ3v) is 5.17. The number of fused-ring (bicyclic) bond motifs is 1. The summed E-state index contributed by atoms with van der Waals surface area (Å²) >= 11 is 0. The van der Waals surface area contributed by atoms with E-state index in [2.05, 4.69) is 20.8 Å². The molecule has 0 spiro atoms. The van der Waals surface area contributed by atoms with Gasteiger partial charge in [0.1, 0.15) is 0 Å². The van der Waals surface area contributed by atoms with Crippen molar-refractivity contribution in [2.45, 2.75) is 57.0 Å². The molecule has 2 aromatic rings. The van der Waals surface area contributed by atoms with E-state index in [1.165, 1.54) is 19.3 Å². The molecule has 1 aliphatic heterocycles. The Balaban J connectivity index is 1.31. The minimum Gasteiger partial charge on any atom is -0.347 e. The molecule has 7 heteroatoms. The molecule has 0 saturated heterocycles. The number of amides is 2. The summed E-state index contributed by atoms with van der Waals surface area (Å²) < 4.78 is 5.27. The number of aromatic nitrogens is 2. The molecule has 0 bridgehead atoms. The number of carbonyl (C=O) groups excluding carboxylic acids is 2. The number of hydrogen-bond acceptors (Lipinski definition) is 5. The van der Waals surface area contributed by atoms with Gasteiger partial charge in [-0.3, -0.25) is 9.59 Å². The van der Waals surface area contributed by atoms with Crippen LogP contribution in [-0.4, -0.2) is 22.0 Å². The van der Waals surface area contributed by atoms with Crippen LogP contribution < -0.4 is 10.6 Å². The maximum absolute atomic E-state index is 12.2. The number of carbonyl (C=O) groups is 2. The Morgan fingerprint density at radius 3 is 2.88 bits per heavy atom. The van der Waals surface area contributed by atoms with Crippen LogP contribution in [0.3, 0.4) is 0 Å². The van der Waals surface area contributed by atoms with E-state index in [0.717, 1.165) is 24.2 Å². The molecular weight excluding hydrogens is 332 g/mol. The van der Waals surface area contributed by atoms with Gasteiger partial charge in [0.2, 0.25) is 11.8 Å². The second-order valence-corrected chi connectivity index (χ2v) is 6.98. The van der Waals surface area contributed by atoms with Gasteiger partial charge < -0.3 is 15.2 Å². The van der Waals surface area contributed by atoms with Crippen LogP contribution >= 0.6 is 0 Å². The SMILES string of the molecule is O=C(C[C@H]1NC(=O)c2ccccc21)NCc1nc(C2CCCCC2)no1. The molecule has 0 radical (unpaired) electrons. The summed E-state index contributed by atoms with van der Waals surface area (Å²) in [7, 11) is 0. The Labute approximate surface area is 151 Å². The molecule has 7 nitrogen and oxygen atoms in total. The lowest BCUT2D eigenvalue weighted by molar-refractivity contribution is -0.121.